The van der Waals surface area contributed by atoms with Crippen molar-refractivity contribution >= 4 is 0 Å². The van der Waals surface area contributed by atoms with Crippen LogP contribution in [0.15, 0.2) is 0 Å². The number of rotatable bonds is 26. The van der Waals surface area contributed by atoms with Crippen molar-refractivity contribution in [2.24, 2.45) is 5.73 Å². The summed E-state index contributed by atoms with van der Waals surface area (Å²) in [7, 11) is 0. The van der Waals surface area contributed by atoms with E-state index in [4.69, 9.17) is 10.5 Å². The Morgan fingerprint density at radius 3 is 0.966 bits per heavy atom. The van der Waals surface area contributed by atoms with Crippen LogP contribution in [0, 0.1) is 0 Å². The zero-order valence-corrected chi connectivity index (χ0v) is 20.4. The third-order valence-corrected chi connectivity index (χ3v) is 6.14. The number of hydrogen-bond acceptors (Lipinski definition) is 2. The van der Waals surface area contributed by atoms with E-state index in [-0.39, 0.29) is 0 Å². The molecule has 176 valence electrons. The Balaban J connectivity index is 2.97. The highest BCUT2D eigenvalue weighted by molar-refractivity contribution is 4.50. The Kier molecular flexibility index (Phi) is 27.8. The SMILES string of the molecule is CCCCCCCCCCCCOCCCCCCCCCCCCCCCN. The van der Waals surface area contributed by atoms with Crippen LogP contribution in [0.25, 0.3) is 0 Å². The summed E-state index contributed by atoms with van der Waals surface area (Å²) in [6.07, 6.45) is 32.0. The molecule has 0 rings (SSSR count). The van der Waals surface area contributed by atoms with Gasteiger partial charge >= 0.3 is 0 Å². The van der Waals surface area contributed by atoms with Crippen molar-refractivity contribution in [3.8, 4) is 0 Å². The number of hydrogen-bond donors (Lipinski definition) is 1. The minimum Gasteiger partial charge on any atom is -0.381 e. The average Bonchev–Trinajstić information content (AvgIpc) is 2.74. The topological polar surface area (TPSA) is 35.2 Å². The lowest BCUT2D eigenvalue weighted by molar-refractivity contribution is 0.125. The van der Waals surface area contributed by atoms with Gasteiger partial charge in [-0.1, -0.05) is 135 Å². The van der Waals surface area contributed by atoms with Gasteiger partial charge < -0.3 is 10.5 Å². The van der Waals surface area contributed by atoms with E-state index in [0.29, 0.717) is 0 Å². The van der Waals surface area contributed by atoms with Gasteiger partial charge in [0.1, 0.15) is 0 Å². The van der Waals surface area contributed by atoms with E-state index >= 15 is 0 Å². The molecule has 0 aromatic carbocycles. The predicted molar refractivity (Wildman–Crippen MR) is 132 cm³/mol. The molecular weight excluding hydrogens is 354 g/mol. The lowest BCUT2D eigenvalue weighted by Crippen LogP contribution is -1.97. The zero-order valence-electron chi connectivity index (χ0n) is 20.4. The summed E-state index contributed by atoms with van der Waals surface area (Å²) in [6.45, 7) is 5.13. The summed E-state index contributed by atoms with van der Waals surface area (Å²) in [4.78, 5) is 0. The summed E-state index contributed by atoms with van der Waals surface area (Å²) < 4.78 is 5.81. The van der Waals surface area contributed by atoms with E-state index in [0.717, 1.165) is 19.8 Å². The van der Waals surface area contributed by atoms with E-state index in [2.05, 4.69) is 6.92 Å². The summed E-state index contributed by atoms with van der Waals surface area (Å²) in [5, 5.41) is 0. The van der Waals surface area contributed by atoms with Crippen LogP contribution in [-0.2, 0) is 4.74 Å². The van der Waals surface area contributed by atoms with Crippen molar-refractivity contribution in [1.82, 2.24) is 0 Å². The fourth-order valence-corrected chi connectivity index (χ4v) is 4.09. The van der Waals surface area contributed by atoms with Crippen LogP contribution in [0.4, 0.5) is 0 Å². The third-order valence-electron chi connectivity index (χ3n) is 6.14. The second kappa shape index (κ2) is 27.9. The maximum atomic E-state index is 5.81. The molecule has 0 saturated carbocycles. The lowest BCUT2D eigenvalue weighted by Gasteiger charge is -2.05. The van der Waals surface area contributed by atoms with Gasteiger partial charge in [-0.2, -0.15) is 0 Å². The highest BCUT2D eigenvalue weighted by atomic mass is 16.5. The highest BCUT2D eigenvalue weighted by Gasteiger charge is 1.96. The van der Waals surface area contributed by atoms with Gasteiger partial charge in [0, 0.05) is 13.2 Å². The van der Waals surface area contributed by atoms with Crippen LogP contribution in [0.1, 0.15) is 155 Å². The Hall–Kier alpha value is -0.0800. The van der Waals surface area contributed by atoms with Crippen LogP contribution >= 0.6 is 0 Å². The molecule has 29 heavy (non-hydrogen) atoms. The first-order valence-corrected chi connectivity index (χ1v) is 13.7. The van der Waals surface area contributed by atoms with E-state index in [1.54, 1.807) is 0 Å². The molecule has 0 aliphatic carbocycles. The molecule has 0 atom stereocenters. The molecule has 0 heterocycles. The molecule has 0 saturated heterocycles. The van der Waals surface area contributed by atoms with Crippen molar-refractivity contribution in [1.29, 1.82) is 0 Å². The number of ether oxygens (including phenoxy) is 1. The minimum atomic E-state index is 0.867. The summed E-state index contributed by atoms with van der Waals surface area (Å²) in [5.74, 6) is 0. The third kappa shape index (κ3) is 27.9. The van der Waals surface area contributed by atoms with Crippen molar-refractivity contribution < 1.29 is 4.74 Å². The first-order chi connectivity index (χ1) is 14.4. The van der Waals surface area contributed by atoms with Crippen molar-refractivity contribution in [2.75, 3.05) is 19.8 Å². The molecular formula is C27H57NO. The van der Waals surface area contributed by atoms with E-state index in [1.165, 1.54) is 148 Å². The standard InChI is InChI=1S/C27H57NO/c1-2-3-4-5-6-7-14-17-20-23-26-29-27-24-21-18-15-12-10-8-9-11-13-16-19-22-25-28/h2-28H2,1H3. The molecule has 0 aromatic heterocycles. The quantitative estimate of drug-likeness (QED) is 0.144. The maximum absolute atomic E-state index is 5.81. The zero-order chi connectivity index (χ0) is 21.1. The van der Waals surface area contributed by atoms with E-state index in [9.17, 15) is 0 Å². The Labute approximate surface area is 185 Å². The highest BCUT2D eigenvalue weighted by Crippen LogP contribution is 2.13. The molecule has 2 N–H and O–H groups in total. The molecule has 0 spiro atoms. The van der Waals surface area contributed by atoms with Crippen molar-refractivity contribution in [3.05, 3.63) is 0 Å². The smallest absolute Gasteiger partial charge is 0.0466 e. The summed E-state index contributed by atoms with van der Waals surface area (Å²) >= 11 is 0. The Morgan fingerprint density at radius 1 is 0.379 bits per heavy atom. The normalized spacial score (nSPS) is 11.4. The Morgan fingerprint density at radius 2 is 0.655 bits per heavy atom. The van der Waals surface area contributed by atoms with Gasteiger partial charge in [0.15, 0.2) is 0 Å². The van der Waals surface area contributed by atoms with Crippen LogP contribution in [0.2, 0.25) is 0 Å². The largest absolute Gasteiger partial charge is 0.381 e. The molecule has 0 radical (unpaired) electrons. The molecule has 0 amide bonds. The van der Waals surface area contributed by atoms with Gasteiger partial charge in [0.25, 0.3) is 0 Å². The molecule has 2 nitrogen and oxygen atoms in total. The average molecular weight is 412 g/mol. The first kappa shape index (κ1) is 28.9. The van der Waals surface area contributed by atoms with Gasteiger partial charge in [0.05, 0.1) is 0 Å². The molecule has 0 fully saturated rings. The van der Waals surface area contributed by atoms with Gasteiger partial charge in [-0.05, 0) is 25.8 Å². The van der Waals surface area contributed by atoms with Gasteiger partial charge in [-0.3, -0.25) is 0 Å². The van der Waals surface area contributed by atoms with E-state index < -0.39 is 0 Å². The summed E-state index contributed by atoms with van der Waals surface area (Å²) in [6, 6.07) is 0. The molecule has 2 heteroatoms. The molecule has 0 aromatic rings. The second-order valence-corrected chi connectivity index (χ2v) is 9.18. The number of nitrogens with two attached hydrogens (primary N) is 1. The van der Waals surface area contributed by atoms with Crippen LogP contribution in [0.3, 0.4) is 0 Å². The van der Waals surface area contributed by atoms with Crippen LogP contribution in [-0.4, -0.2) is 19.8 Å². The monoisotopic (exact) mass is 411 g/mol. The number of unbranched alkanes of at least 4 members (excludes halogenated alkanes) is 21. The molecule has 0 unspecified atom stereocenters. The molecule has 0 bridgehead atoms. The maximum Gasteiger partial charge on any atom is 0.0466 e. The van der Waals surface area contributed by atoms with Gasteiger partial charge in [0.2, 0.25) is 0 Å². The van der Waals surface area contributed by atoms with Gasteiger partial charge in [-0.15, -0.1) is 0 Å². The van der Waals surface area contributed by atoms with Crippen LogP contribution in [0.5, 0.6) is 0 Å². The van der Waals surface area contributed by atoms with Crippen molar-refractivity contribution in [2.45, 2.75) is 155 Å². The predicted octanol–water partition coefficient (Wildman–Crippen LogP) is 8.95. The minimum absolute atomic E-state index is 0.867. The fourth-order valence-electron chi connectivity index (χ4n) is 4.09. The second-order valence-electron chi connectivity index (χ2n) is 9.18. The lowest BCUT2D eigenvalue weighted by atomic mass is 10.0. The van der Waals surface area contributed by atoms with Crippen molar-refractivity contribution in [3.63, 3.8) is 0 Å². The first-order valence-electron chi connectivity index (χ1n) is 13.7. The van der Waals surface area contributed by atoms with E-state index in [1.807, 2.05) is 0 Å². The molecule has 0 aliphatic heterocycles. The Bertz CT molecular complexity index is 243. The van der Waals surface area contributed by atoms with Crippen LogP contribution < -0.4 is 5.73 Å². The fraction of sp³-hybridized carbons (Fsp3) is 1.00. The summed E-state index contributed by atoms with van der Waals surface area (Å²) in [5.41, 5.74) is 5.52. The molecule has 0 aliphatic rings. The van der Waals surface area contributed by atoms with Gasteiger partial charge in [-0.25, -0.2) is 0 Å².